The lowest BCUT2D eigenvalue weighted by molar-refractivity contribution is 0.649. The maximum absolute atomic E-state index is 11.7. The highest BCUT2D eigenvalue weighted by atomic mass is 16.2. The first kappa shape index (κ1) is 12.3. The second-order valence-electron chi connectivity index (χ2n) is 3.44. The van der Waals surface area contributed by atoms with Gasteiger partial charge in [-0.3, -0.25) is 9.36 Å². The summed E-state index contributed by atoms with van der Waals surface area (Å²) < 4.78 is 2.49. The lowest BCUT2D eigenvalue weighted by atomic mass is 10.3. The van der Waals surface area contributed by atoms with E-state index in [9.17, 15) is 9.59 Å². The molecule has 1 heterocycles. The van der Waals surface area contributed by atoms with Crippen molar-refractivity contribution in [2.75, 3.05) is 6.54 Å². The molecule has 1 aromatic rings. The van der Waals surface area contributed by atoms with Gasteiger partial charge in [0.25, 0.3) is 5.56 Å². The minimum Gasteiger partial charge on any atom is -0.303 e. The Morgan fingerprint density at radius 1 is 1.38 bits per heavy atom. The fraction of sp³-hybridized carbons (Fsp3) is 0.455. The van der Waals surface area contributed by atoms with E-state index >= 15 is 0 Å². The van der Waals surface area contributed by atoms with E-state index in [4.69, 9.17) is 0 Å². The van der Waals surface area contributed by atoms with Crippen LogP contribution in [0.2, 0.25) is 0 Å². The van der Waals surface area contributed by atoms with Crippen LogP contribution in [0, 0.1) is 11.8 Å². The van der Waals surface area contributed by atoms with E-state index in [1.54, 1.807) is 20.2 Å². The van der Waals surface area contributed by atoms with Gasteiger partial charge in [-0.2, -0.15) is 0 Å². The normalized spacial score (nSPS) is 9.69. The summed E-state index contributed by atoms with van der Waals surface area (Å²) in [6.07, 6.45) is 1.55. The number of aromatic nitrogens is 2. The molecule has 0 spiro atoms. The molecule has 0 aliphatic rings. The zero-order valence-corrected chi connectivity index (χ0v) is 9.70. The van der Waals surface area contributed by atoms with Gasteiger partial charge in [-0.25, -0.2) is 4.79 Å². The van der Waals surface area contributed by atoms with Crippen LogP contribution in [0.25, 0.3) is 0 Å². The van der Waals surface area contributed by atoms with Crippen molar-refractivity contribution >= 4 is 0 Å². The Kier molecular flexibility index (Phi) is 4.09. The summed E-state index contributed by atoms with van der Waals surface area (Å²) in [5.74, 6) is 5.59. The highest BCUT2D eigenvalue weighted by Gasteiger charge is 2.05. The summed E-state index contributed by atoms with van der Waals surface area (Å²) in [5.41, 5.74) is -0.0235. The second kappa shape index (κ2) is 5.33. The van der Waals surface area contributed by atoms with Crippen molar-refractivity contribution in [3.8, 4) is 11.8 Å². The van der Waals surface area contributed by atoms with Crippen molar-refractivity contribution in [1.29, 1.82) is 0 Å². The highest BCUT2D eigenvalue weighted by molar-refractivity contribution is 5.06. The van der Waals surface area contributed by atoms with Gasteiger partial charge in [0.15, 0.2) is 0 Å². The predicted octanol–water partition coefficient (Wildman–Crippen LogP) is -0.803. The van der Waals surface area contributed by atoms with Gasteiger partial charge in [-0.15, -0.1) is 5.92 Å². The lowest BCUT2D eigenvalue weighted by Gasteiger charge is -2.06. The van der Waals surface area contributed by atoms with Crippen LogP contribution >= 0.6 is 0 Å². The summed E-state index contributed by atoms with van der Waals surface area (Å²) in [6.45, 7) is 2.70. The smallest absolute Gasteiger partial charge is 0.303 e. The molecule has 0 atom stereocenters. The molecule has 0 fully saturated rings. The van der Waals surface area contributed by atoms with Crippen LogP contribution in [0.1, 0.15) is 12.5 Å². The molecule has 0 saturated heterocycles. The van der Waals surface area contributed by atoms with Crippen LogP contribution < -0.4 is 16.6 Å². The topological polar surface area (TPSA) is 56.0 Å². The number of nitrogens with zero attached hydrogens (tertiary/aromatic N) is 2. The largest absolute Gasteiger partial charge is 0.330 e. The Bertz CT molecular complexity index is 543. The Labute approximate surface area is 93.7 Å². The molecule has 1 aromatic heterocycles. The van der Waals surface area contributed by atoms with E-state index in [0.29, 0.717) is 18.7 Å². The zero-order chi connectivity index (χ0) is 12.1. The summed E-state index contributed by atoms with van der Waals surface area (Å²) in [4.78, 5) is 23.1. The molecule has 0 unspecified atom stereocenters. The van der Waals surface area contributed by atoms with Crippen molar-refractivity contribution in [2.24, 2.45) is 14.1 Å². The van der Waals surface area contributed by atoms with Crippen LogP contribution in [0.5, 0.6) is 0 Å². The molecule has 1 rings (SSSR count). The average Bonchev–Trinajstić information content (AvgIpc) is 2.28. The minimum absolute atomic E-state index is 0.264. The summed E-state index contributed by atoms with van der Waals surface area (Å²) in [6, 6.07) is 0. The molecule has 0 aliphatic heterocycles. The van der Waals surface area contributed by atoms with E-state index in [2.05, 4.69) is 17.2 Å². The van der Waals surface area contributed by atoms with E-state index in [1.165, 1.54) is 11.6 Å². The molecule has 5 heteroatoms. The number of nitrogens with one attached hydrogen (secondary N) is 1. The van der Waals surface area contributed by atoms with Crippen LogP contribution in [-0.2, 0) is 20.6 Å². The van der Waals surface area contributed by atoms with Crippen molar-refractivity contribution < 1.29 is 0 Å². The maximum atomic E-state index is 11.7. The minimum atomic E-state index is -0.318. The van der Waals surface area contributed by atoms with Gasteiger partial charge in [-0.05, 0) is 6.92 Å². The van der Waals surface area contributed by atoms with Crippen LogP contribution in [0.15, 0.2) is 15.8 Å². The van der Waals surface area contributed by atoms with Crippen molar-refractivity contribution in [1.82, 2.24) is 14.5 Å². The van der Waals surface area contributed by atoms with Crippen LogP contribution in [0.4, 0.5) is 0 Å². The second-order valence-corrected chi connectivity index (χ2v) is 3.44. The zero-order valence-electron chi connectivity index (χ0n) is 9.70. The third-order valence-corrected chi connectivity index (χ3v) is 2.22. The Hall–Kier alpha value is -1.80. The predicted molar refractivity (Wildman–Crippen MR) is 62.1 cm³/mol. The molecule has 1 N–H and O–H groups in total. The molecule has 0 radical (unpaired) electrons. The first-order valence-corrected chi connectivity index (χ1v) is 4.93. The average molecular weight is 221 g/mol. The maximum Gasteiger partial charge on any atom is 0.330 e. The molecule has 86 valence electrons. The highest BCUT2D eigenvalue weighted by Crippen LogP contribution is 1.86. The molecular formula is C11H15N3O2. The van der Waals surface area contributed by atoms with E-state index in [0.717, 1.165) is 4.57 Å². The third-order valence-electron chi connectivity index (χ3n) is 2.22. The van der Waals surface area contributed by atoms with Crippen LogP contribution in [0.3, 0.4) is 0 Å². The summed E-state index contributed by atoms with van der Waals surface area (Å²) in [7, 11) is 3.09. The quantitative estimate of drug-likeness (QED) is 0.537. The molecule has 0 amide bonds. The van der Waals surface area contributed by atoms with Crippen molar-refractivity contribution in [3.63, 3.8) is 0 Å². The monoisotopic (exact) mass is 221 g/mol. The molecular weight excluding hydrogens is 206 g/mol. The van der Waals surface area contributed by atoms with Gasteiger partial charge >= 0.3 is 5.69 Å². The summed E-state index contributed by atoms with van der Waals surface area (Å²) >= 11 is 0. The van der Waals surface area contributed by atoms with Gasteiger partial charge in [0.1, 0.15) is 0 Å². The molecule has 0 saturated carbocycles. The fourth-order valence-corrected chi connectivity index (χ4v) is 1.35. The number of rotatable bonds is 3. The molecule has 16 heavy (non-hydrogen) atoms. The van der Waals surface area contributed by atoms with Gasteiger partial charge in [0.2, 0.25) is 0 Å². The van der Waals surface area contributed by atoms with E-state index in [1.807, 2.05) is 0 Å². The Morgan fingerprint density at radius 2 is 2.06 bits per heavy atom. The summed E-state index contributed by atoms with van der Waals surface area (Å²) in [5, 5.41) is 3.02. The standard InChI is InChI=1S/C11H15N3O2/c1-4-5-6-12-7-9-8-13(2)11(16)14(3)10(9)15/h8,12H,6-7H2,1-3H3. The Balaban J connectivity index is 2.92. The van der Waals surface area contributed by atoms with Crippen molar-refractivity contribution in [3.05, 3.63) is 32.6 Å². The van der Waals surface area contributed by atoms with Gasteiger partial charge in [0.05, 0.1) is 6.54 Å². The molecule has 5 nitrogen and oxygen atoms in total. The SMILES string of the molecule is CC#CCNCc1cn(C)c(=O)n(C)c1=O. The van der Waals surface area contributed by atoms with E-state index in [-0.39, 0.29) is 11.2 Å². The first-order chi connectivity index (χ1) is 7.57. The molecule has 0 bridgehead atoms. The molecule has 0 aliphatic carbocycles. The van der Waals surface area contributed by atoms with Gasteiger partial charge in [0, 0.05) is 32.4 Å². The number of hydrogen-bond donors (Lipinski definition) is 1. The fourth-order valence-electron chi connectivity index (χ4n) is 1.35. The Morgan fingerprint density at radius 3 is 2.69 bits per heavy atom. The van der Waals surface area contributed by atoms with Gasteiger partial charge in [-0.1, -0.05) is 5.92 Å². The van der Waals surface area contributed by atoms with E-state index < -0.39 is 0 Å². The van der Waals surface area contributed by atoms with Crippen LogP contribution in [-0.4, -0.2) is 15.7 Å². The number of aryl methyl sites for hydroxylation is 1. The lowest BCUT2D eigenvalue weighted by Crippen LogP contribution is -2.39. The third kappa shape index (κ3) is 2.61. The molecule has 0 aromatic carbocycles. The first-order valence-electron chi connectivity index (χ1n) is 4.93. The number of hydrogen-bond acceptors (Lipinski definition) is 3. The van der Waals surface area contributed by atoms with Crippen molar-refractivity contribution in [2.45, 2.75) is 13.5 Å². The van der Waals surface area contributed by atoms with Gasteiger partial charge < -0.3 is 9.88 Å².